The Kier molecular flexibility index (Phi) is 5.28. The van der Waals surface area contributed by atoms with Gasteiger partial charge in [0, 0.05) is 5.56 Å². The first-order valence-corrected chi connectivity index (χ1v) is 9.76. The number of ether oxygens (including phenoxy) is 1. The van der Waals surface area contributed by atoms with E-state index in [1.165, 1.54) is 0 Å². The largest absolute Gasteiger partial charge is 0.454 e. The molecule has 3 heteroatoms. The Hall–Kier alpha value is -2.55. The Morgan fingerprint density at radius 1 is 0.630 bits per heavy atom. The van der Waals surface area contributed by atoms with Gasteiger partial charge in [0.1, 0.15) is 5.75 Å². The van der Waals surface area contributed by atoms with Crippen LogP contribution in [0.5, 0.6) is 11.5 Å². The van der Waals surface area contributed by atoms with Crippen molar-refractivity contribution in [1.29, 1.82) is 0 Å². The Bertz CT molecular complexity index is 1040. The van der Waals surface area contributed by atoms with Gasteiger partial charge in [-0.15, -0.1) is 0 Å². The maximum atomic E-state index is 6.38. The predicted molar refractivity (Wildman–Crippen MR) is 117 cm³/mol. The highest BCUT2D eigenvalue weighted by molar-refractivity contribution is 9.10. The van der Waals surface area contributed by atoms with Crippen molar-refractivity contribution in [2.75, 3.05) is 0 Å². The summed E-state index contributed by atoms with van der Waals surface area (Å²) in [5.41, 5.74) is 4.34. The molecule has 0 saturated carbocycles. The molecule has 0 aromatic heterocycles. The molecule has 0 aliphatic heterocycles. The van der Waals surface area contributed by atoms with E-state index in [-0.39, 0.29) is 0 Å². The number of para-hydroxylation sites is 1. The fraction of sp³-hybridized carbons (Fsp3) is 0. The van der Waals surface area contributed by atoms with Crippen molar-refractivity contribution in [3.05, 3.63) is 107 Å². The molecule has 0 saturated heterocycles. The first-order valence-electron chi connectivity index (χ1n) is 8.59. The normalized spacial score (nSPS) is 10.6. The van der Waals surface area contributed by atoms with E-state index in [0.717, 1.165) is 32.5 Å². The molecule has 0 aliphatic rings. The van der Waals surface area contributed by atoms with Crippen LogP contribution >= 0.6 is 27.5 Å². The molecule has 1 nitrogen and oxygen atoms in total. The molecular weight excluding hydrogens is 420 g/mol. The van der Waals surface area contributed by atoms with Crippen LogP contribution in [-0.2, 0) is 0 Å². The molecule has 0 aliphatic carbocycles. The highest BCUT2D eigenvalue weighted by atomic mass is 79.9. The molecule has 4 aromatic rings. The van der Waals surface area contributed by atoms with E-state index in [1.54, 1.807) is 0 Å². The Balaban J connectivity index is 1.85. The van der Waals surface area contributed by atoms with Gasteiger partial charge >= 0.3 is 0 Å². The number of rotatable bonds is 4. The molecule has 0 fully saturated rings. The summed E-state index contributed by atoms with van der Waals surface area (Å²) >= 11 is 9.92. The second kappa shape index (κ2) is 7.99. The Morgan fingerprint density at radius 2 is 1.30 bits per heavy atom. The quantitative estimate of drug-likeness (QED) is 0.314. The lowest BCUT2D eigenvalue weighted by Gasteiger charge is -2.15. The van der Waals surface area contributed by atoms with Gasteiger partial charge in [-0.3, -0.25) is 0 Å². The van der Waals surface area contributed by atoms with Crippen LogP contribution in [0.4, 0.5) is 0 Å². The summed E-state index contributed by atoms with van der Waals surface area (Å²) in [7, 11) is 0. The van der Waals surface area contributed by atoms with Crippen molar-refractivity contribution in [3.8, 4) is 33.8 Å². The molecule has 4 rings (SSSR count). The SMILES string of the molecule is Clc1cccc(Br)c1Oc1cc(-c2ccccc2)ccc1-c1ccccc1. The summed E-state index contributed by atoms with van der Waals surface area (Å²) in [6.07, 6.45) is 0. The molecule has 132 valence electrons. The highest BCUT2D eigenvalue weighted by Crippen LogP contribution is 2.41. The second-order valence-electron chi connectivity index (χ2n) is 6.10. The van der Waals surface area contributed by atoms with Gasteiger partial charge in [0.05, 0.1) is 9.50 Å². The smallest absolute Gasteiger partial charge is 0.160 e. The van der Waals surface area contributed by atoms with Gasteiger partial charge in [0.2, 0.25) is 0 Å². The summed E-state index contributed by atoms with van der Waals surface area (Å²) in [5, 5.41) is 0.563. The molecule has 0 spiro atoms. The fourth-order valence-electron chi connectivity index (χ4n) is 2.96. The third-order valence-electron chi connectivity index (χ3n) is 4.30. The van der Waals surface area contributed by atoms with Gasteiger partial charge in [0.15, 0.2) is 5.75 Å². The van der Waals surface area contributed by atoms with E-state index in [1.807, 2.05) is 54.6 Å². The lowest BCUT2D eigenvalue weighted by atomic mass is 9.99. The molecule has 27 heavy (non-hydrogen) atoms. The molecule has 0 N–H and O–H groups in total. The van der Waals surface area contributed by atoms with Crippen molar-refractivity contribution < 1.29 is 4.74 Å². The maximum absolute atomic E-state index is 6.38. The Labute approximate surface area is 172 Å². The minimum atomic E-state index is 0.563. The van der Waals surface area contributed by atoms with E-state index in [9.17, 15) is 0 Å². The molecule has 4 aromatic carbocycles. The lowest BCUT2D eigenvalue weighted by Crippen LogP contribution is -1.91. The van der Waals surface area contributed by atoms with Crippen LogP contribution in [0, 0.1) is 0 Å². The zero-order chi connectivity index (χ0) is 18.6. The van der Waals surface area contributed by atoms with Crippen molar-refractivity contribution >= 4 is 27.5 Å². The van der Waals surface area contributed by atoms with Gasteiger partial charge < -0.3 is 4.74 Å². The van der Waals surface area contributed by atoms with Crippen molar-refractivity contribution in [2.24, 2.45) is 0 Å². The standard InChI is InChI=1S/C24H16BrClO/c25-21-12-7-13-22(26)24(21)27-23-16-19(17-8-3-1-4-9-17)14-15-20(23)18-10-5-2-6-11-18/h1-16H. The molecule has 0 unspecified atom stereocenters. The summed E-state index contributed by atoms with van der Waals surface area (Å²) in [6.45, 7) is 0. The van der Waals surface area contributed by atoms with Gasteiger partial charge in [0.25, 0.3) is 0 Å². The lowest BCUT2D eigenvalue weighted by molar-refractivity contribution is 0.482. The number of halogens is 2. The average Bonchev–Trinajstić information content (AvgIpc) is 2.72. The van der Waals surface area contributed by atoms with Gasteiger partial charge in [-0.05, 0) is 50.8 Å². The summed E-state index contributed by atoms with van der Waals surface area (Å²) in [4.78, 5) is 0. The average molecular weight is 436 g/mol. The van der Waals surface area contributed by atoms with Gasteiger partial charge in [-0.2, -0.15) is 0 Å². The Morgan fingerprint density at radius 3 is 1.96 bits per heavy atom. The maximum Gasteiger partial charge on any atom is 0.160 e. The van der Waals surface area contributed by atoms with Crippen LogP contribution in [-0.4, -0.2) is 0 Å². The monoisotopic (exact) mass is 434 g/mol. The van der Waals surface area contributed by atoms with Crippen LogP contribution in [0.3, 0.4) is 0 Å². The van der Waals surface area contributed by atoms with E-state index in [2.05, 4.69) is 58.4 Å². The summed E-state index contributed by atoms with van der Waals surface area (Å²) in [6, 6.07) is 32.4. The molecule has 0 heterocycles. The second-order valence-corrected chi connectivity index (χ2v) is 7.36. The van der Waals surface area contributed by atoms with Crippen LogP contribution in [0.25, 0.3) is 22.3 Å². The highest BCUT2D eigenvalue weighted by Gasteiger charge is 2.13. The van der Waals surface area contributed by atoms with Crippen LogP contribution in [0.2, 0.25) is 5.02 Å². The molecule has 0 radical (unpaired) electrons. The zero-order valence-electron chi connectivity index (χ0n) is 14.4. The fourth-order valence-corrected chi connectivity index (χ4v) is 3.74. The topological polar surface area (TPSA) is 9.23 Å². The predicted octanol–water partition coefficient (Wildman–Crippen LogP) is 8.23. The van der Waals surface area contributed by atoms with E-state index < -0.39 is 0 Å². The third-order valence-corrected chi connectivity index (χ3v) is 5.23. The van der Waals surface area contributed by atoms with Crippen LogP contribution in [0.15, 0.2) is 102 Å². The van der Waals surface area contributed by atoms with Crippen LogP contribution in [0.1, 0.15) is 0 Å². The third kappa shape index (κ3) is 3.92. The number of hydrogen-bond donors (Lipinski definition) is 0. The van der Waals surface area contributed by atoms with Crippen molar-refractivity contribution in [3.63, 3.8) is 0 Å². The summed E-state index contributed by atoms with van der Waals surface area (Å²) < 4.78 is 7.13. The minimum Gasteiger partial charge on any atom is -0.454 e. The minimum absolute atomic E-state index is 0.563. The van der Waals surface area contributed by atoms with Gasteiger partial charge in [-0.1, -0.05) is 90.5 Å². The van der Waals surface area contributed by atoms with E-state index in [4.69, 9.17) is 16.3 Å². The van der Waals surface area contributed by atoms with Gasteiger partial charge in [-0.25, -0.2) is 0 Å². The molecular formula is C24H16BrClO. The zero-order valence-corrected chi connectivity index (χ0v) is 16.7. The molecule has 0 atom stereocenters. The number of benzene rings is 4. The van der Waals surface area contributed by atoms with E-state index >= 15 is 0 Å². The van der Waals surface area contributed by atoms with Crippen molar-refractivity contribution in [2.45, 2.75) is 0 Å². The first-order chi connectivity index (χ1) is 13.2. The van der Waals surface area contributed by atoms with Crippen LogP contribution < -0.4 is 4.74 Å². The van der Waals surface area contributed by atoms with Crippen molar-refractivity contribution in [1.82, 2.24) is 0 Å². The molecule has 0 amide bonds. The van der Waals surface area contributed by atoms with E-state index in [0.29, 0.717) is 10.8 Å². The molecule has 0 bridgehead atoms. The first kappa shape index (κ1) is 17.8. The number of hydrogen-bond acceptors (Lipinski definition) is 1. The summed E-state index contributed by atoms with van der Waals surface area (Å²) in [5.74, 6) is 1.37.